The molecule has 0 saturated heterocycles. The minimum absolute atomic E-state index is 0.427. The van der Waals surface area contributed by atoms with Gasteiger partial charge in [0.05, 0.1) is 6.61 Å². The Kier molecular flexibility index (Phi) is 6.93. The molecular formula is C15H21NO. The Morgan fingerprint density at radius 1 is 1.29 bits per heavy atom. The van der Waals surface area contributed by atoms with Gasteiger partial charge in [0.25, 0.3) is 0 Å². The monoisotopic (exact) mass is 231 g/mol. The second-order valence-electron chi connectivity index (χ2n) is 3.84. The summed E-state index contributed by atoms with van der Waals surface area (Å²) in [4.78, 5) is 0. The minimum atomic E-state index is 0.427. The molecule has 2 heteroatoms. The molecule has 1 aromatic rings. The van der Waals surface area contributed by atoms with E-state index in [1.807, 2.05) is 37.3 Å². The zero-order valence-electron chi connectivity index (χ0n) is 10.7. The van der Waals surface area contributed by atoms with Gasteiger partial charge < -0.3 is 10.1 Å². The highest BCUT2D eigenvalue weighted by Crippen LogP contribution is 2.09. The van der Waals surface area contributed by atoms with Crippen molar-refractivity contribution in [1.29, 1.82) is 0 Å². The van der Waals surface area contributed by atoms with Crippen molar-refractivity contribution < 1.29 is 4.74 Å². The minimum Gasteiger partial charge on any atom is -0.494 e. The lowest BCUT2D eigenvalue weighted by Crippen LogP contribution is -2.30. The van der Waals surface area contributed by atoms with Gasteiger partial charge >= 0.3 is 0 Å². The Morgan fingerprint density at radius 2 is 2.06 bits per heavy atom. The highest BCUT2D eigenvalue weighted by molar-refractivity contribution is 5.20. The van der Waals surface area contributed by atoms with E-state index >= 15 is 0 Å². The average molecular weight is 231 g/mol. The van der Waals surface area contributed by atoms with E-state index in [-0.39, 0.29) is 0 Å². The van der Waals surface area contributed by atoms with Crippen LogP contribution < -0.4 is 10.1 Å². The first-order chi connectivity index (χ1) is 8.36. The number of ether oxygens (including phenoxy) is 1. The van der Waals surface area contributed by atoms with Crippen molar-refractivity contribution in [3.63, 3.8) is 0 Å². The van der Waals surface area contributed by atoms with Crippen molar-refractivity contribution in [2.75, 3.05) is 13.2 Å². The number of hydrogen-bond donors (Lipinski definition) is 1. The van der Waals surface area contributed by atoms with E-state index in [2.05, 4.69) is 24.1 Å². The zero-order chi connectivity index (χ0) is 12.3. The van der Waals surface area contributed by atoms with Crippen LogP contribution >= 0.6 is 0 Å². The van der Waals surface area contributed by atoms with Crippen LogP contribution in [0, 0.1) is 11.8 Å². The highest BCUT2D eigenvalue weighted by atomic mass is 16.5. The molecule has 1 rings (SSSR count). The zero-order valence-corrected chi connectivity index (χ0v) is 10.7. The smallest absolute Gasteiger partial charge is 0.119 e. The van der Waals surface area contributed by atoms with Crippen molar-refractivity contribution in [2.45, 2.75) is 32.7 Å². The van der Waals surface area contributed by atoms with Gasteiger partial charge in [0.2, 0.25) is 0 Å². The predicted octanol–water partition coefficient (Wildman–Crippen LogP) is 2.85. The van der Waals surface area contributed by atoms with Gasteiger partial charge in [-0.25, -0.2) is 0 Å². The fourth-order valence-electron chi connectivity index (χ4n) is 1.63. The summed E-state index contributed by atoms with van der Waals surface area (Å²) in [5, 5.41) is 3.42. The Balaban J connectivity index is 2.28. The molecule has 0 radical (unpaired) electrons. The summed E-state index contributed by atoms with van der Waals surface area (Å²) < 4.78 is 5.67. The fraction of sp³-hybridized carbons (Fsp3) is 0.467. The first kappa shape index (κ1) is 13.6. The molecule has 0 bridgehead atoms. The van der Waals surface area contributed by atoms with Crippen molar-refractivity contribution >= 4 is 0 Å². The van der Waals surface area contributed by atoms with Crippen molar-refractivity contribution in [2.24, 2.45) is 0 Å². The van der Waals surface area contributed by atoms with Crippen LogP contribution in [0.15, 0.2) is 30.3 Å². The third-order valence-electron chi connectivity index (χ3n) is 2.50. The lowest BCUT2D eigenvalue weighted by atomic mass is 10.1. The second-order valence-corrected chi connectivity index (χ2v) is 3.84. The van der Waals surface area contributed by atoms with E-state index in [4.69, 9.17) is 4.74 Å². The van der Waals surface area contributed by atoms with Gasteiger partial charge in [0.15, 0.2) is 0 Å². The quantitative estimate of drug-likeness (QED) is 0.729. The van der Waals surface area contributed by atoms with Crippen LogP contribution in [0.4, 0.5) is 0 Å². The standard InChI is InChI=1S/C15H21NO/c1-3-5-9-14(16-4-2)12-13-17-15-10-7-6-8-11-15/h6-8,10-11,14,16H,4,9,12-13H2,1-2H3. The third-order valence-corrected chi connectivity index (χ3v) is 2.50. The number of para-hydroxylation sites is 1. The summed E-state index contributed by atoms with van der Waals surface area (Å²) in [5.41, 5.74) is 0. The van der Waals surface area contributed by atoms with E-state index in [1.165, 1.54) is 0 Å². The molecule has 1 unspecified atom stereocenters. The normalized spacial score (nSPS) is 11.4. The predicted molar refractivity (Wildman–Crippen MR) is 72.1 cm³/mol. The van der Waals surface area contributed by atoms with E-state index in [0.717, 1.165) is 31.7 Å². The molecule has 0 aromatic heterocycles. The maximum absolute atomic E-state index is 5.67. The molecule has 17 heavy (non-hydrogen) atoms. The molecule has 0 aliphatic carbocycles. The Bertz CT molecular complexity index is 350. The van der Waals surface area contributed by atoms with Crippen LogP contribution in [-0.2, 0) is 0 Å². The summed E-state index contributed by atoms with van der Waals surface area (Å²) >= 11 is 0. The SMILES string of the molecule is CC#CCC(CCOc1ccccc1)NCC. The largest absolute Gasteiger partial charge is 0.494 e. The summed E-state index contributed by atoms with van der Waals surface area (Å²) in [6.45, 7) is 5.70. The molecular weight excluding hydrogens is 210 g/mol. The molecule has 0 amide bonds. The van der Waals surface area contributed by atoms with Crippen LogP contribution in [0.2, 0.25) is 0 Å². The molecule has 0 fully saturated rings. The first-order valence-electron chi connectivity index (χ1n) is 6.17. The molecule has 0 spiro atoms. The number of benzene rings is 1. The molecule has 2 nitrogen and oxygen atoms in total. The van der Waals surface area contributed by atoms with E-state index < -0.39 is 0 Å². The van der Waals surface area contributed by atoms with Crippen LogP contribution in [0.25, 0.3) is 0 Å². The maximum atomic E-state index is 5.67. The third kappa shape index (κ3) is 5.99. The summed E-state index contributed by atoms with van der Waals surface area (Å²) in [7, 11) is 0. The van der Waals surface area contributed by atoms with Crippen LogP contribution in [-0.4, -0.2) is 19.2 Å². The van der Waals surface area contributed by atoms with Gasteiger partial charge in [0, 0.05) is 12.5 Å². The molecule has 1 atom stereocenters. The average Bonchev–Trinajstić information content (AvgIpc) is 2.37. The van der Waals surface area contributed by atoms with Crippen LogP contribution in [0.1, 0.15) is 26.7 Å². The summed E-state index contributed by atoms with van der Waals surface area (Å²) in [5.74, 6) is 6.98. The number of rotatable bonds is 7. The van der Waals surface area contributed by atoms with Gasteiger partial charge in [-0.15, -0.1) is 11.8 Å². The number of nitrogens with one attached hydrogen (secondary N) is 1. The number of hydrogen-bond acceptors (Lipinski definition) is 2. The van der Waals surface area contributed by atoms with Crippen LogP contribution in [0.5, 0.6) is 5.75 Å². The Labute approximate surface area is 104 Å². The van der Waals surface area contributed by atoms with Crippen LogP contribution in [0.3, 0.4) is 0 Å². The van der Waals surface area contributed by atoms with E-state index in [0.29, 0.717) is 6.04 Å². The molecule has 0 heterocycles. The molecule has 92 valence electrons. The highest BCUT2D eigenvalue weighted by Gasteiger charge is 2.05. The first-order valence-corrected chi connectivity index (χ1v) is 6.17. The van der Waals surface area contributed by atoms with Crippen molar-refractivity contribution in [3.05, 3.63) is 30.3 Å². The lowest BCUT2D eigenvalue weighted by Gasteiger charge is -2.15. The van der Waals surface area contributed by atoms with Gasteiger partial charge in [-0.05, 0) is 32.0 Å². The van der Waals surface area contributed by atoms with Gasteiger partial charge in [0.1, 0.15) is 5.75 Å². The van der Waals surface area contributed by atoms with Gasteiger partial charge in [-0.3, -0.25) is 0 Å². The fourth-order valence-corrected chi connectivity index (χ4v) is 1.63. The Morgan fingerprint density at radius 3 is 2.71 bits per heavy atom. The molecule has 1 N–H and O–H groups in total. The van der Waals surface area contributed by atoms with Crippen molar-refractivity contribution in [3.8, 4) is 17.6 Å². The maximum Gasteiger partial charge on any atom is 0.119 e. The molecule has 0 saturated carbocycles. The van der Waals surface area contributed by atoms with E-state index in [1.54, 1.807) is 0 Å². The molecule has 0 aliphatic heterocycles. The Hall–Kier alpha value is -1.46. The molecule has 1 aromatic carbocycles. The lowest BCUT2D eigenvalue weighted by molar-refractivity contribution is 0.287. The van der Waals surface area contributed by atoms with Crippen molar-refractivity contribution in [1.82, 2.24) is 5.32 Å². The van der Waals surface area contributed by atoms with Gasteiger partial charge in [-0.1, -0.05) is 25.1 Å². The molecule has 0 aliphatic rings. The van der Waals surface area contributed by atoms with E-state index in [9.17, 15) is 0 Å². The van der Waals surface area contributed by atoms with Gasteiger partial charge in [-0.2, -0.15) is 0 Å². The second kappa shape index (κ2) is 8.66. The summed E-state index contributed by atoms with van der Waals surface area (Å²) in [6.07, 6.45) is 1.87. The topological polar surface area (TPSA) is 21.3 Å². The summed E-state index contributed by atoms with van der Waals surface area (Å²) in [6, 6.07) is 10.4.